The molecule has 4 heteroatoms. The lowest BCUT2D eigenvalue weighted by molar-refractivity contribution is -0.686. The summed E-state index contributed by atoms with van der Waals surface area (Å²) in [4.78, 5) is 4.13. The van der Waals surface area contributed by atoms with Crippen LogP contribution in [0.15, 0.2) is 73.1 Å². The molecule has 0 saturated heterocycles. The third-order valence-corrected chi connectivity index (χ3v) is 4.13. The molecule has 2 aromatic carbocycles. The van der Waals surface area contributed by atoms with E-state index in [0.29, 0.717) is 6.61 Å². The van der Waals surface area contributed by atoms with Gasteiger partial charge in [0.1, 0.15) is 25.4 Å². The molecular weight excluding hydrogens is 320 g/mol. The Labute approximate surface area is 147 Å². The van der Waals surface area contributed by atoms with Gasteiger partial charge in [-0.15, -0.1) is 0 Å². The Bertz CT molecular complexity index is 760. The van der Waals surface area contributed by atoms with Crippen LogP contribution in [0.3, 0.4) is 0 Å². The smallest absolute Gasteiger partial charge is 0.119 e. The summed E-state index contributed by atoms with van der Waals surface area (Å²) in [6.07, 6.45) is 3.70. The van der Waals surface area contributed by atoms with Crippen molar-refractivity contribution in [1.29, 1.82) is 0 Å². The highest BCUT2D eigenvalue weighted by Crippen LogP contribution is 2.18. The van der Waals surface area contributed by atoms with Crippen LogP contribution in [0.5, 0.6) is 5.75 Å². The average Bonchev–Trinajstić information content (AvgIpc) is 2.63. The van der Waals surface area contributed by atoms with Crippen molar-refractivity contribution in [3.63, 3.8) is 0 Å². The van der Waals surface area contributed by atoms with Gasteiger partial charge in [0, 0.05) is 34.1 Å². The maximum Gasteiger partial charge on any atom is 0.119 e. The summed E-state index contributed by atoms with van der Waals surface area (Å²) < 4.78 is 5.80. The van der Waals surface area contributed by atoms with E-state index in [9.17, 15) is 0 Å². The molecule has 0 unspecified atom stereocenters. The third-order valence-electron chi connectivity index (χ3n) is 3.76. The molecule has 3 aromatic rings. The van der Waals surface area contributed by atoms with Crippen molar-refractivity contribution in [1.82, 2.24) is 4.98 Å². The van der Waals surface area contributed by atoms with E-state index in [2.05, 4.69) is 28.5 Å². The zero-order valence-corrected chi connectivity index (χ0v) is 14.1. The van der Waals surface area contributed by atoms with Gasteiger partial charge in [-0.1, -0.05) is 35.9 Å². The first kappa shape index (κ1) is 16.5. The average molecular weight is 340 g/mol. The fraction of sp³-hybridized carbons (Fsp3) is 0.150. The quantitative estimate of drug-likeness (QED) is 0.714. The van der Waals surface area contributed by atoms with Crippen LogP contribution in [0.1, 0.15) is 16.7 Å². The van der Waals surface area contributed by atoms with Crippen molar-refractivity contribution in [2.24, 2.45) is 0 Å². The van der Waals surface area contributed by atoms with Gasteiger partial charge in [-0.25, -0.2) is 0 Å². The zero-order chi connectivity index (χ0) is 16.6. The highest BCUT2D eigenvalue weighted by Gasteiger charge is 2.02. The number of aromatic nitrogens is 1. The molecule has 0 aliphatic heterocycles. The van der Waals surface area contributed by atoms with Crippen LogP contribution >= 0.6 is 11.6 Å². The Hall–Kier alpha value is -2.36. The minimum atomic E-state index is 0.478. The van der Waals surface area contributed by atoms with Crippen molar-refractivity contribution in [3.8, 4) is 5.75 Å². The minimum Gasteiger partial charge on any atom is -0.489 e. The number of hydrogen-bond donors (Lipinski definition) is 1. The van der Waals surface area contributed by atoms with Crippen LogP contribution in [0.25, 0.3) is 0 Å². The fourth-order valence-corrected chi connectivity index (χ4v) is 2.61. The van der Waals surface area contributed by atoms with Gasteiger partial charge in [0.15, 0.2) is 0 Å². The summed E-state index contributed by atoms with van der Waals surface area (Å²) in [6, 6.07) is 20.0. The van der Waals surface area contributed by atoms with Crippen molar-refractivity contribution in [2.45, 2.75) is 19.7 Å². The van der Waals surface area contributed by atoms with Crippen LogP contribution < -0.4 is 10.1 Å². The molecule has 3 nitrogen and oxygen atoms in total. The molecule has 0 bridgehead atoms. The largest absolute Gasteiger partial charge is 0.489 e. The normalized spacial score (nSPS) is 10.5. The van der Waals surface area contributed by atoms with Crippen LogP contribution in [-0.2, 0) is 19.7 Å². The maximum atomic E-state index is 6.13. The first-order chi connectivity index (χ1) is 11.8. The Balaban J connectivity index is 1.47. The van der Waals surface area contributed by atoms with Gasteiger partial charge >= 0.3 is 0 Å². The van der Waals surface area contributed by atoms with Crippen LogP contribution in [-0.4, -0.2) is 4.98 Å². The van der Waals surface area contributed by atoms with Crippen molar-refractivity contribution in [3.05, 3.63) is 94.8 Å². The van der Waals surface area contributed by atoms with E-state index in [4.69, 9.17) is 16.3 Å². The van der Waals surface area contributed by atoms with E-state index in [0.717, 1.165) is 29.4 Å². The summed E-state index contributed by atoms with van der Waals surface area (Å²) in [7, 11) is 0. The molecule has 1 heterocycles. The van der Waals surface area contributed by atoms with E-state index < -0.39 is 0 Å². The Morgan fingerprint density at radius 3 is 2.42 bits per heavy atom. The number of halogens is 1. The Morgan fingerprint density at radius 2 is 1.67 bits per heavy atom. The summed E-state index contributed by atoms with van der Waals surface area (Å²) in [5.41, 5.74) is 3.49. The van der Waals surface area contributed by atoms with E-state index >= 15 is 0 Å². The van der Waals surface area contributed by atoms with Crippen LogP contribution in [0.4, 0.5) is 0 Å². The lowest BCUT2D eigenvalue weighted by Gasteiger charge is -2.08. The van der Waals surface area contributed by atoms with Gasteiger partial charge in [-0.05, 0) is 36.4 Å². The molecule has 3 rings (SSSR count). The van der Waals surface area contributed by atoms with Gasteiger partial charge in [-0.3, -0.25) is 4.98 Å². The highest BCUT2D eigenvalue weighted by molar-refractivity contribution is 6.31. The predicted molar refractivity (Wildman–Crippen MR) is 95.8 cm³/mol. The molecule has 0 aliphatic carbocycles. The molecule has 0 fully saturated rings. The van der Waals surface area contributed by atoms with Crippen molar-refractivity contribution >= 4 is 11.6 Å². The number of nitrogens with zero attached hydrogens (tertiary/aromatic N) is 1. The second-order valence-corrected chi connectivity index (χ2v) is 5.99. The van der Waals surface area contributed by atoms with E-state index in [1.807, 2.05) is 48.7 Å². The first-order valence-corrected chi connectivity index (χ1v) is 8.35. The molecular formula is C20H20ClN2O+. The summed E-state index contributed by atoms with van der Waals surface area (Å²) in [6.45, 7) is 2.34. The monoisotopic (exact) mass is 339 g/mol. The highest BCUT2D eigenvalue weighted by atomic mass is 35.5. The molecule has 0 spiro atoms. The second kappa shape index (κ2) is 8.48. The van der Waals surface area contributed by atoms with Gasteiger partial charge in [0.2, 0.25) is 0 Å². The number of pyridine rings is 1. The van der Waals surface area contributed by atoms with E-state index in [1.165, 1.54) is 11.1 Å². The molecule has 0 aliphatic rings. The topological polar surface area (TPSA) is 38.7 Å². The summed E-state index contributed by atoms with van der Waals surface area (Å²) >= 11 is 6.13. The molecule has 2 N–H and O–H groups in total. The number of benzene rings is 2. The minimum absolute atomic E-state index is 0.478. The molecule has 122 valence electrons. The Kier molecular flexibility index (Phi) is 5.83. The molecule has 0 amide bonds. The fourth-order valence-electron chi connectivity index (χ4n) is 2.42. The number of nitrogens with two attached hydrogens (primary N) is 1. The Morgan fingerprint density at radius 1 is 0.875 bits per heavy atom. The third kappa shape index (κ3) is 4.82. The van der Waals surface area contributed by atoms with E-state index in [-0.39, 0.29) is 0 Å². The van der Waals surface area contributed by atoms with Gasteiger partial charge in [0.05, 0.1) is 0 Å². The van der Waals surface area contributed by atoms with Crippen LogP contribution in [0.2, 0.25) is 5.02 Å². The second-order valence-electron chi connectivity index (χ2n) is 5.58. The van der Waals surface area contributed by atoms with Gasteiger partial charge < -0.3 is 10.1 Å². The number of hydrogen-bond acceptors (Lipinski definition) is 2. The summed E-state index contributed by atoms with van der Waals surface area (Å²) in [5.74, 6) is 0.853. The standard InChI is InChI=1S/C20H19ClN2O/c21-20-6-2-1-5-18(20)15-24-19-9-7-16(8-10-19)12-23-14-17-4-3-11-22-13-17/h1-11,13,23H,12,14-15H2/p+1. The number of ether oxygens (including phenoxy) is 1. The predicted octanol–water partition coefficient (Wildman–Crippen LogP) is 3.58. The van der Waals surface area contributed by atoms with Gasteiger partial charge in [0.25, 0.3) is 0 Å². The number of rotatable bonds is 7. The first-order valence-electron chi connectivity index (χ1n) is 7.97. The van der Waals surface area contributed by atoms with Crippen LogP contribution in [0, 0.1) is 0 Å². The molecule has 1 aromatic heterocycles. The molecule has 24 heavy (non-hydrogen) atoms. The number of quaternary nitrogens is 1. The molecule has 0 radical (unpaired) electrons. The van der Waals surface area contributed by atoms with Crippen molar-refractivity contribution < 1.29 is 10.1 Å². The van der Waals surface area contributed by atoms with E-state index in [1.54, 1.807) is 6.20 Å². The lowest BCUT2D eigenvalue weighted by atomic mass is 10.2. The summed E-state index contributed by atoms with van der Waals surface area (Å²) in [5, 5.41) is 3.00. The lowest BCUT2D eigenvalue weighted by Crippen LogP contribution is -2.80. The molecule has 0 atom stereocenters. The SMILES string of the molecule is Clc1ccccc1COc1ccc(C[NH2+]Cc2cccnc2)cc1. The van der Waals surface area contributed by atoms with Gasteiger partial charge in [-0.2, -0.15) is 0 Å². The zero-order valence-electron chi connectivity index (χ0n) is 13.4. The maximum absolute atomic E-state index is 6.13. The van der Waals surface area contributed by atoms with Crippen molar-refractivity contribution in [2.75, 3.05) is 0 Å². The molecule has 0 saturated carbocycles.